The second kappa shape index (κ2) is 6.32. The van der Waals surface area contributed by atoms with Crippen LogP contribution in [0.2, 0.25) is 0 Å². The smallest absolute Gasteiger partial charge is 0.249 e. The van der Waals surface area contributed by atoms with Crippen LogP contribution in [0, 0.1) is 0 Å². The SMILES string of the molecule is CCc1ccc(CC(=O)NC2CCC(=O)NC2=O)cc1. The molecule has 0 aromatic heterocycles. The lowest BCUT2D eigenvalue weighted by Gasteiger charge is -2.21. The van der Waals surface area contributed by atoms with Crippen molar-refractivity contribution in [3.05, 3.63) is 35.4 Å². The lowest BCUT2D eigenvalue weighted by Crippen LogP contribution is -2.52. The van der Waals surface area contributed by atoms with E-state index in [1.165, 1.54) is 5.56 Å². The molecule has 5 nitrogen and oxygen atoms in total. The summed E-state index contributed by atoms with van der Waals surface area (Å²) in [5, 5.41) is 4.88. The van der Waals surface area contributed by atoms with Gasteiger partial charge in [-0.2, -0.15) is 0 Å². The summed E-state index contributed by atoms with van der Waals surface area (Å²) >= 11 is 0. The van der Waals surface area contributed by atoms with Crippen LogP contribution in [0.1, 0.15) is 30.9 Å². The van der Waals surface area contributed by atoms with Crippen LogP contribution in [0.3, 0.4) is 0 Å². The largest absolute Gasteiger partial charge is 0.344 e. The molecule has 0 saturated carbocycles. The van der Waals surface area contributed by atoms with E-state index in [0.717, 1.165) is 12.0 Å². The first-order valence-electron chi connectivity index (χ1n) is 6.79. The van der Waals surface area contributed by atoms with Crippen LogP contribution < -0.4 is 10.6 Å². The van der Waals surface area contributed by atoms with E-state index < -0.39 is 11.9 Å². The van der Waals surface area contributed by atoms with Gasteiger partial charge >= 0.3 is 0 Å². The van der Waals surface area contributed by atoms with Crippen LogP contribution in [0.25, 0.3) is 0 Å². The Kier molecular flexibility index (Phi) is 4.50. The van der Waals surface area contributed by atoms with Gasteiger partial charge in [0.05, 0.1) is 6.42 Å². The zero-order chi connectivity index (χ0) is 14.5. The topological polar surface area (TPSA) is 75.3 Å². The minimum Gasteiger partial charge on any atom is -0.344 e. The first-order valence-corrected chi connectivity index (χ1v) is 6.79. The summed E-state index contributed by atoms with van der Waals surface area (Å²) in [7, 11) is 0. The van der Waals surface area contributed by atoms with Crippen LogP contribution in [-0.4, -0.2) is 23.8 Å². The van der Waals surface area contributed by atoms with Crippen molar-refractivity contribution in [1.29, 1.82) is 0 Å². The van der Waals surface area contributed by atoms with Gasteiger partial charge in [0, 0.05) is 6.42 Å². The Morgan fingerprint density at radius 2 is 1.90 bits per heavy atom. The van der Waals surface area contributed by atoms with Crippen molar-refractivity contribution in [1.82, 2.24) is 10.6 Å². The predicted octanol–water partition coefficient (Wildman–Crippen LogP) is 0.713. The highest BCUT2D eigenvalue weighted by Crippen LogP contribution is 2.08. The zero-order valence-electron chi connectivity index (χ0n) is 11.4. The van der Waals surface area contributed by atoms with Gasteiger partial charge < -0.3 is 5.32 Å². The summed E-state index contributed by atoms with van der Waals surface area (Å²) < 4.78 is 0. The molecule has 1 aromatic rings. The van der Waals surface area contributed by atoms with Crippen molar-refractivity contribution in [3.63, 3.8) is 0 Å². The molecule has 0 aliphatic carbocycles. The van der Waals surface area contributed by atoms with Crippen LogP contribution in [-0.2, 0) is 27.2 Å². The highest BCUT2D eigenvalue weighted by atomic mass is 16.2. The number of benzene rings is 1. The molecule has 1 aliphatic rings. The molecule has 2 rings (SSSR count). The van der Waals surface area contributed by atoms with E-state index in [4.69, 9.17) is 0 Å². The number of aryl methyl sites for hydroxylation is 1. The molecule has 106 valence electrons. The Bertz CT molecular complexity index is 522. The van der Waals surface area contributed by atoms with Gasteiger partial charge in [-0.1, -0.05) is 31.2 Å². The van der Waals surface area contributed by atoms with Crippen molar-refractivity contribution in [3.8, 4) is 0 Å². The number of carbonyl (C=O) groups is 3. The Morgan fingerprint density at radius 1 is 1.25 bits per heavy atom. The zero-order valence-corrected chi connectivity index (χ0v) is 11.4. The fraction of sp³-hybridized carbons (Fsp3) is 0.400. The molecule has 1 saturated heterocycles. The molecule has 1 fully saturated rings. The highest BCUT2D eigenvalue weighted by Gasteiger charge is 2.27. The molecule has 0 spiro atoms. The first kappa shape index (κ1) is 14.2. The number of carbonyl (C=O) groups excluding carboxylic acids is 3. The van der Waals surface area contributed by atoms with Crippen molar-refractivity contribution in [2.75, 3.05) is 0 Å². The standard InChI is InChI=1S/C15H18N2O3/c1-2-10-3-5-11(6-4-10)9-14(19)16-12-7-8-13(18)17-15(12)20/h3-6,12H,2,7-9H2,1H3,(H,16,19)(H,17,18,20). The number of nitrogens with one attached hydrogen (secondary N) is 2. The summed E-state index contributed by atoms with van der Waals surface area (Å²) in [6.07, 6.45) is 1.83. The summed E-state index contributed by atoms with van der Waals surface area (Å²) in [6.45, 7) is 2.07. The maximum atomic E-state index is 11.9. The summed E-state index contributed by atoms with van der Waals surface area (Å²) in [5.41, 5.74) is 2.13. The first-order chi connectivity index (χ1) is 9.58. The third kappa shape index (κ3) is 3.66. The minimum atomic E-state index is -0.602. The molecule has 1 aromatic carbocycles. The summed E-state index contributed by atoms with van der Waals surface area (Å²) in [4.78, 5) is 34.4. The lowest BCUT2D eigenvalue weighted by atomic mass is 10.0. The van der Waals surface area contributed by atoms with Gasteiger partial charge in [-0.15, -0.1) is 0 Å². The van der Waals surface area contributed by atoms with Crippen LogP contribution in [0.15, 0.2) is 24.3 Å². The van der Waals surface area contributed by atoms with Crippen molar-refractivity contribution in [2.24, 2.45) is 0 Å². The van der Waals surface area contributed by atoms with Gasteiger partial charge in [0.2, 0.25) is 17.7 Å². The number of piperidine rings is 1. The lowest BCUT2D eigenvalue weighted by molar-refractivity contribution is -0.137. The van der Waals surface area contributed by atoms with Gasteiger partial charge in [0.1, 0.15) is 6.04 Å². The fourth-order valence-electron chi connectivity index (χ4n) is 2.15. The predicted molar refractivity (Wildman–Crippen MR) is 73.8 cm³/mol. The number of hydrogen-bond donors (Lipinski definition) is 2. The van der Waals surface area contributed by atoms with Crippen LogP contribution >= 0.6 is 0 Å². The summed E-state index contributed by atoms with van der Waals surface area (Å²) in [6, 6.07) is 7.23. The molecule has 1 unspecified atom stereocenters. The maximum Gasteiger partial charge on any atom is 0.249 e. The monoisotopic (exact) mass is 274 g/mol. The van der Waals surface area contributed by atoms with Gasteiger partial charge in [0.15, 0.2) is 0 Å². The number of rotatable bonds is 4. The van der Waals surface area contributed by atoms with Crippen molar-refractivity contribution in [2.45, 2.75) is 38.6 Å². The maximum absolute atomic E-state index is 11.9. The van der Waals surface area contributed by atoms with Crippen molar-refractivity contribution >= 4 is 17.7 Å². The van der Waals surface area contributed by atoms with Gasteiger partial charge in [-0.25, -0.2) is 0 Å². The quantitative estimate of drug-likeness (QED) is 0.794. The molecule has 3 amide bonds. The Morgan fingerprint density at radius 3 is 2.50 bits per heavy atom. The molecule has 0 radical (unpaired) electrons. The van der Waals surface area contributed by atoms with E-state index in [1.54, 1.807) is 0 Å². The van der Waals surface area contributed by atoms with E-state index in [1.807, 2.05) is 24.3 Å². The molecule has 5 heteroatoms. The highest BCUT2D eigenvalue weighted by molar-refractivity contribution is 6.01. The Hall–Kier alpha value is -2.17. The van der Waals surface area contributed by atoms with Crippen molar-refractivity contribution < 1.29 is 14.4 Å². The minimum absolute atomic E-state index is 0.205. The van der Waals surface area contributed by atoms with E-state index >= 15 is 0 Å². The van der Waals surface area contributed by atoms with Gasteiger partial charge in [-0.05, 0) is 24.0 Å². The van der Waals surface area contributed by atoms with Crippen LogP contribution in [0.4, 0.5) is 0 Å². The van der Waals surface area contributed by atoms with E-state index in [-0.39, 0.29) is 24.7 Å². The second-order valence-corrected chi connectivity index (χ2v) is 4.92. The average molecular weight is 274 g/mol. The third-order valence-electron chi connectivity index (χ3n) is 3.37. The number of hydrogen-bond acceptors (Lipinski definition) is 3. The van der Waals surface area contributed by atoms with E-state index in [9.17, 15) is 14.4 Å². The van der Waals surface area contributed by atoms with E-state index in [2.05, 4.69) is 17.6 Å². The molecule has 1 aliphatic heterocycles. The second-order valence-electron chi connectivity index (χ2n) is 4.92. The number of imide groups is 1. The third-order valence-corrected chi connectivity index (χ3v) is 3.37. The fourth-order valence-corrected chi connectivity index (χ4v) is 2.15. The molecule has 20 heavy (non-hydrogen) atoms. The molecule has 1 heterocycles. The van der Waals surface area contributed by atoms with E-state index in [0.29, 0.717) is 6.42 Å². The van der Waals surface area contributed by atoms with Gasteiger partial charge in [-0.3, -0.25) is 19.7 Å². The van der Waals surface area contributed by atoms with Crippen LogP contribution in [0.5, 0.6) is 0 Å². The average Bonchev–Trinajstić information content (AvgIpc) is 2.43. The Labute approximate surface area is 117 Å². The normalized spacial score (nSPS) is 18.6. The van der Waals surface area contributed by atoms with Gasteiger partial charge in [0.25, 0.3) is 0 Å². The summed E-state index contributed by atoms with van der Waals surface area (Å²) in [5.74, 6) is -0.907. The molecular weight excluding hydrogens is 256 g/mol. The molecule has 1 atom stereocenters. The molecular formula is C15H18N2O3. The number of amides is 3. The molecule has 0 bridgehead atoms. The Balaban J connectivity index is 1.88. The molecule has 2 N–H and O–H groups in total.